The molecule has 10 heteroatoms. The number of benzene rings is 2. The van der Waals surface area contributed by atoms with Crippen LogP contribution in [0.1, 0.15) is 11.1 Å². The Hall–Kier alpha value is -2.94. The van der Waals surface area contributed by atoms with E-state index in [2.05, 4.69) is 15.8 Å². The van der Waals surface area contributed by atoms with E-state index < -0.39 is 17.6 Å². The maximum absolute atomic E-state index is 12.6. The van der Waals surface area contributed by atoms with E-state index in [0.717, 1.165) is 12.1 Å². The highest BCUT2D eigenvalue weighted by Crippen LogP contribution is 2.34. The van der Waals surface area contributed by atoms with Gasteiger partial charge in [-0.2, -0.15) is 18.3 Å². The molecule has 6 nitrogen and oxygen atoms in total. The number of phenols is 1. The fraction of sp³-hybridized carbons (Fsp3) is 0.176. The second-order valence-electron chi connectivity index (χ2n) is 5.28. The summed E-state index contributed by atoms with van der Waals surface area (Å²) < 4.78 is 42.9. The summed E-state index contributed by atoms with van der Waals surface area (Å²) >= 11 is 5.83. The van der Waals surface area contributed by atoms with Crippen LogP contribution in [0.2, 0.25) is 5.02 Å². The van der Waals surface area contributed by atoms with Gasteiger partial charge in [-0.05, 0) is 35.9 Å². The van der Waals surface area contributed by atoms with E-state index in [1.165, 1.54) is 37.6 Å². The van der Waals surface area contributed by atoms with Gasteiger partial charge in [-0.25, -0.2) is 5.43 Å². The Morgan fingerprint density at radius 1 is 1.33 bits per heavy atom. The Kier molecular flexibility index (Phi) is 6.51. The molecule has 27 heavy (non-hydrogen) atoms. The number of halogens is 4. The van der Waals surface area contributed by atoms with Crippen molar-refractivity contribution >= 4 is 29.4 Å². The van der Waals surface area contributed by atoms with Crippen molar-refractivity contribution in [2.24, 2.45) is 5.10 Å². The molecule has 144 valence electrons. The van der Waals surface area contributed by atoms with Crippen molar-refractivity contribution in [2.75, 3.05) is 19.0 Å². The molecule has 0 radical (unpaired) electrons. The first-order valence-electron chi connectivity index (χ1n) is 7.50. The Morgan fingerprint density at radius 2 is 2.07 bits per heavy atom. The lowest BCUT2D eigenvalue weighted by Crippen LogP contribution is -2.26. The molecular weight excluding hydrogens is 387 g/mol. The highest BCUT2D eigenvalue weighted by Gasteiger charge is 2.30. The van der Waals surface area contributed by atoms with Crippen LogP contribution in [-0.2, 0) is 11.0 Å². The van der Waals surface area contributed by atoms with Gasteiger partial charge in [0.25, 0.3) is 5.91 Å². The number of nitrogens with one attached hydrogen (secondary N) is 2. The predicted molar refractivity (Wildman–Crippen MR) is 95.3 cm³/mol. The van der Waals surface area contributed by atoms with E-state index in [4.69, 9.17) is 16.3 Å². The minimum Gasteiger partial charge on any atom is -0.503 e. The third kappa shape index (κ3) is 5.78. The van der Waals surface area contributed by atoms with Crippen molar-refractivity contribution in [1.29, 1.82) is 0 Å². The van der Waals surface area contributed by atoms with Gasteiger partial charge in [-0.15, -0.1) is 0 Å². The summed E-state index contributed by atoms with van der Waals surface area (Å²) in [5.41, 5.74) is 2.01. The molecule has 0 aliphatic carbocycles. The number of amides is 1. The Morgan fingerprint density at radius 3 is 2.74 bits per heavy atom. The minimum atomic E-state index is -4.46. The smallest absolute Gasteiger partial charge is 0.416 e. The van der Waals surface area contributed by atoms with Crippen molar-refractivity contribution < 1.29 is 27.8 Å². The number of carbonyl (C=O) groups is 1. The summed E-state index contributed by atoms with van der Waals surface area (Å²) in [7, 11) is 1.35. The zero-order valence-electron chi connectivity index (χ0n) is 14.0. The molecule has 0 fully saturated rings. The van der Waals surface area contributed by atoms with E-state index in [1.807, 2.05) is 0 Å². The molecule has 0 unspecified atom stereocenters. The highest BCUT2D eigenvalue weighted by atomic mass is 35.5. The predicted octanol–water partition coefficient (Wildman–Crippen LogP) is 3.64. The molecule has 0 bridgehead atoms. The first-order chi connectivity index (χ1) is 12.7. The molecule has 3 N–H and O–H groups in total. The van der Waals surface area contributed by atoms with Crippen LogP contribution in [0.25, 0.3) is 0 Å². The molecule has 1 amide bonds. The Balaban J connectivity index is 1.92. The van der Waals surface area contributed by atoms with Crippen LogP contribution in [-0.4, -0.2) is 30.9 Å². The van der Waals surface area contributed by atoms with Crippen LogP contribution < -0.4 is 15.5 Å². The fourth-order valence-corrected chi connectivity index (χ4v) is 2.25. The third-order valence-corrected chi connectivity index (χ3v) is 3.60. The molecule has 2 aromatic carbocycles. The summed E-state index contributed by atoms with van der Waals surface area (Å²) in [4.78, 5) is 11.7. The lowest BCUT2D eigenvalue weighted by atomic mass is 10.2. The second-order valence-corrected chi connectivity index (χ2v) is 5.69. The van der Waals surface area contributed by atoms with Crippen LogP contribution in [0.5, 0.6) is 11.5 Å². The van der Waals surface area contributed by atoms with Gasteiger partial charge >= 0.3 is 6.18 Å². The molecule has 0 spiro atoms. The summed E-state index contributed by atoms with van der Waals surface area (Å²) in [5, 5.41) is 16.0. The largest absolute Gasteiger partial charge is 0.503 e. The van der Waals surface area contributed by atoms with E-state index >= 15 is 0 Å². The SMILES string of the molecule is COc1cc(/C=N\NC(=O)CNc2cccc(C(F)(F)F)c2)cc(Cl)c1O. The quantitative estimate of drug-likeness (QED) is 0.510. The highest BCUT2D eigenvalue weighted by molar-refractivity contribution is 6.32. The number of anilines is 1. The maximum Gasteiger partial charge on any atom is 0.416 e. The van der Waals surface area contributed by atoms with Gasteiger partial charge in [-0.1, -0.05) is 17.7 Å². The van der Waals surface area contributed by atoms with Gasteiger partial charge in [0.2, 0.25) is 0 Å². The molecule has 0 aromatic heterocycles. The number of carbonyl (C=O) groups excluding carboxylic acids is 1. The fourth-order valence-electron chi connectivity index (χ4n) is 2.03. The normalized spacial score (nSPS) is 11.4. The van der Waals surface area contributed by atoms with Gasteiger partial charge in [-0.3, -0.25) is 4.79 Å². The number of nitrogens with zero attached hydrogens (tertiary/aromatic N) is 1. The molecule has 0 aliphatic heterocycles. The van der Waals surface area contributed by atoms with Crippen LogP contribution in [0.4, 0.5) is 18.9 Å². The van der Waals surface area contributed by atoms with Crippen LogP contribution in [0, 0.1) is 0 Å². The zero-order valence-corrected chi connectivity index (χ0v) is 14.7. The van der Waals surface area contributed by atoms with Gasteiger partial charge in [0, 0.05) is 5.69 Å². The number of hydrazone groups is 1. The van der Waals surface area contributed by atoms with Gasteiger partial charge < -0.3 is 15.2 Å². The van der Waals surface area contributed by atoms with Gasteiger partial charge in [0.1, 0.15) is 0 Å². The van der Waals surface area contributed by atoms with E-state index in [0.29, 0.717) is 5.56 Å². The number of hydrogen-bond acceptors (Lipinski definition) is 5. The van der Waals surface area contributed by atoms with Crippen molar-refractivity contribution in [3.63, 3.8) is 0 Å². The van der Waals surface area contributed by atoms with E-state index in [9.17, 15) is 23.1 Å². The Labute approximate surface area is 157 Å². The molecule has 2 aromatic rings. The van der Waals surface area contributed by atoms with Gasteiger partial charge in [0.05, 0.1) is 30.5 Å². The first-order valence-corrected chi connectivity index (χ1v) is 7.88. The average Bonchev–Trinajstić information content (AvgIpc) is 2.62. The standard InChI is InChI=1S/C17H15ClF3N3O3/c1-27-14-6-10(5-13(18)16(14)26)8-23-24-15(25)9-22-12-4-2-3-11(7-12)17(19,20)21/h2-8,22,26H,9H2,1H3,(H,24,25)/b23-8-. The molecule has 0 atom stereocenters. The number of methoxy groups -OCH3 is 1. The molecule has 0 saturated carbocycles. The summed E-state index contributed by atoms with van der Waals surface area (Å²) in [5.74, 6) is -0.646. The second kappa shape index (κ2) is 8.63. The van der Waals surface area contributed by atoms with Crippen LogP contribution >= 0.6 is 11.6 Å². The van der Waals surface area contributed by atoms with Crippen LogP contribution in [0.15, 0.2) is 41.5 Å². The lowest BCUT2D eigenvalue weighted by Gasteiger charge is -2.10. The summed E-state index contributed by atoms with van der Waals surface area (Å²) in [6, 6.07) is 7.36. The topological polar surface area (TPSA) is 83.0 Å². The summed E-state index contributed by atoms with van der Waals surface area (Å²) in [6.07, 6.45) is -3.19. The first kappa shape index (κ1) is 20.4. The van der Waals surface area contributed by atoms with Gasteiger partial charge in [0.15, 0.2) is 11.5 Å². The van der Waals surface area contributed by atoms with Crippen molar-refractivity contribution in [2.45, 2.75) is 6.18 Å². The third-order valence-electron chi connectivity index (χ3n) is 3.32. The van der Waals surface area contributed by atoms with E-state index in [1.54, 1.807) is 0 Å². The number of phenolic OH excluding ortho intramolecular Hbond substituents is 1. The zero-order chi connectivity index (χ0) is 20.0. The number of hydrogen-bond donors (Lipinski definition) is 3. The molecule has 0 aliphatic rings. The molecule has 0 heterocycles. The van der Waals surface area contributed by atoms with Crippen LogP contribution in [0.3, 0.4) is 0 Å². The molecular formula is C17H15ClF3N3O3. The molecule has 2 rings (SSSR count). The number of alkyl halides is 3. The minimum absolute atomic E-state index is 0.0494. The Bertz CT molecular complexity index is 857. The number of rotatable bonds is 6. The maximum atomic E-state index is 12.6. The molecule has 0 saturated heterocycles. The average molecular weight is 402 g/mol. The number of ether oxygens (including phenoxy) is 1. The van der Waals surface area contributed by atoms with Crippen molar-refractivity contribution in [3.8, 4) is 11.5 Å². The van der Waals surface area contributed by atoms with Crippen molar-refractivity contribution in [3.05, 3.63) is 52.5 Å². The van der Waals surface area contributed by atoms with E-state index in [-0.39, 0.29) is 28.8 Å². The summed E-state index contributed by atoms with van der Waals surface area (Å²) in [6.45, 7) is -0.279. The van der Waals surface area contributed by atoms with Crippen molar-refractivity contribution in [1.82, 2.24) is 5.43 Å². The lowest BCUT2D eigenvalue weighted by molar-refractivity contribution is -0.137. The monoisotopic (exact) mass is 401 g/mol. The number of aromatic hydroxyl groups is 1.